The molecule has 4 rings (SSSR count). The molecule has 6 nitrogen and oxygen atoms in total. The van der Waals surface area contributed by atoms with Gasteiger partial charge in [0.15, 0.2) is 6.61 Å². The van der Waals surface area contributed by atoms with Gasteiger partial charge in [-0.25, -0.2) is 9.78 Å². The van der Waals surface area contributed by atoms with Gasteiger partial charge in [-0.1, -0.05) is 35.9 Å². The highest BCUT2D eigenvalue weighted by Crippen LogP contribution is 2.31. The summed E-state index contributed by atoms with van der Waals surface area (Å²) in [6.45, 7) is 3.63. The molecule has 2 aromatic heterocycles. The van der Waals surface area contributed by atoms with Crippen molar-refractivity contribution in [2.45, 2.75) is 26.6 Å². The number of hydrogen-bond acceptors (Lipinski definition) is 5. The number of anilines is 2. The lowest BCUT2D eigenvalue weighted by atomic mass is 10.1. The molecule has 38 heavy (non-hydrogen) atoms. The summed E-state index contributed by atoms with van der Waals surface area (Å²) in [4.78, 5) is 29.8. The first-order chi connectivity index (χ1) is 18.0. The fourth-order valence-electron chi connectivity index (χ4n) is 3.99. The summed E-state index contributed by atoms with van der Waals surface area (Å²) < 4.78 is 46.4. The third-order valence-electron chi connectivity index (χ3n) is 5.97. The van der Waals surface area contributed by atoms with Gasteiger partial charge >= 0.3 is 12.1 Å². The average Bonchev–Trinajstić information content (AvgIpc) is 3.17. The highest BCUT2D eigenvalue weighted by atomic mass is 35.5. The van der Waals surface area contributed by atoms with E-state index in [2.05, 4.69) is 10.3 Å². The van der Waals surface area contributed by atoms with E-state index in [0.717, 1.165) is 23.4 Å². The molecular formula is C28H23ClF3N3O3. The van der Waals surface area contributed by atoms with Crippen LogP contribution in [0.25, 0.3) is 0 Å². The van der Waals surface area contributed by atoms with Gasteiger partial charge in [0.05, 0.1) is 5.56 Å². The fraction of sp³-hybridized carbons (Fsp3) is 0.179. The molecule has 0 spiro atoms. The summed E-state index contributed by atoms with van der Waals surface area (Å²) in [6, 6.07) is 16.6. The van der Waals surface area contributed by atoms with E-state index < -0.39 is 30.1 Å². The van der Waals surface area contributed by atoms with Crippen molar-refractivity contribution in [3.63, 3.8) is 0 Å². The summed E-state index contributed by atoms with van der Waals surface area (Å²) in [6.07, 6.45) is -3.14. The molecular weight excluding hydrogens is 519 g/mol. The van der Waals surface area contributed by atoms with Gasteiger partial charge in [0, 0.05) is 40.4 Å². The van der Waals surface area contributed by atoms with Crippen LogP contribution in [0.15, 0.2) is 72.9 Å². The molecule has 10 heteroatoms. The number of benzene rings is 2. The number of nitrogens with zero attached hydrogens (tertiary/aromatic N) is 2. The Hall–Kier alpha value is -4.11. The maximum atomic E-state index is 13.1. The second-order valence-electron chi connectivity index (χ2n) is 8.56. The smallest absolute Gasteiger partial charge is 0.416 e. The summed E-state index contributed by atoms with van der Waals surface area (Å²) in [5.41, 5.74) is 2.08. The maximum absolute atomic E-state index is 13.1. The average molecular weight is 542 g/mol. The number of ether oxygens (including phenoxy) is 1. The van der Waals surface area contributed by atoms with Crippen LogP contribution in [0.2, 0.25) is 5.02 Å². The standard InChI is InChI=1S/C28H23ClF3N3O3/c1-17-13-23(18(2)35(17)15-19-7-3-4-11-24(19)29)25(36)16-38-27(37)22-10-6-12-33-26(22)34-21-9-5-8-20(14-21)28(30,31)32/h3-14H,15-16H2,1-2H3,(H,33,34). The van der Waals surface area contributed by atoms with Crippen LogP contribution in [0.3, 0.4) is 0 Å². The van der Waals surface area contributed by atoms with Crippen LogP contribution >= 0.6 is 11.6 Å². The molecule has 0 atom stereocenters. The zero-order valence-electron chi connectivity index (χ0n) is 20.5. The highest BCUT2D eigenvalue weighted by molar-refractivity contribution is 6.31. The third kappa shape index (κ3) is 6.06. The molecule has 2 heterocycles. The lowest BCUT2D eigenvalue weighted by molar-refractivity contribution is -0.137. The van der Waals surface area contributed by atoms with Crippen molar-refractivity contribution in [3.05, 3.63) is 112 Å². The Bertz CT molecular complexity index is 1500. The minimum atomic E-state index is -4.52. The number of aryl methyl sites for hydroxylation is 1. The van der Waals surface area contributed by atoms with Gasteiger partial charge in [0.2, 0.25) is 5.78 Å². The van der Waals surface area contributed by atoms with Crippen molar-refractivity contribution < 1.29 is 27.5 Å². The van der Waals surface area contributed by atoms with Crippen LogP contribution in [-0.4, -0.2) is 27.9 Å². The SMILES string of the molecule is Cc1cc(C(=O)COC(=O)c2cccnc2Nc2cccc(C(F)(F)F)c2)c(C)n1Cc1ccccc1Cl. The Kier molecular flexibility index (Phi) is 7.87. The molecule has 0 bridgehead atoms. The molecule has 0 aliphatic heterocycles. The number of nitrogens with one attached hydrogen (secondary N) is 1. The number of aromatic nitrogens is 2. The van der Waals surface area contributed by atoms with E-state index in [1.165, 1.54) is 30.5 Å². The maximum Gasteiger partial charge on any atom is 0.416 e. The summed E-state index contributed by atoms with van der Waals surface area (Å²) >= 11 is 6.28. The lowest BCUT2D eigenvalue weighted by Crippen LogP contribution is -2.16. The van der Waals surface area contributed by atoms with E-state index >= 15 is 0 Å². The Labute approximate surface area is 222 Å². The Morgan fingerprint density at radius 1 is 1.00 bits per heavy atom. The monoisotopic (exact) mass is 541 g/mol. The lowest BCUT2D eigenvalue weighted by Gasteiger charge is -2.13. The molecule has 0 aliphatic carbocycles. The van der Waals surface area contributed by atoms with E-state index in [-0.39, 0.29) is 17.1 Å². The topological polar surface area (TPSA) is 73.2 Å². The van der Waals surface area contributed by atoms with E-state index in [0.29, 0.717) is 22.8 Å². The number of hydrogen-bond donors (Lipinski definition) is 1. The van der Waals surface area contributed by atoms with Crippen molar-refractivity contribution >= 4 is 34.9 Å². The molecule has 2 aromatic carbocycles. The molecule has 0 amide bonds. The zero-order chi connectivity index (χ0) is 27.4. The summed E-state index contributed by atoms with van der Waals surface area (Å²) in [7, 11) is 0. The number of esters is 1. The van der Waals surface area contributed by atoms with Gasteiger partial charge < -0.3 is 14.6 Å². The largest absolute Gasteiger partial charge is 0.454 e. The third-order valence-corrected chi connectivity index (χ3v) is 6.34. The fourth-order valence-corrected chi connectivity index (χ4v) is 4.19. The number of rotatable bonds is 8. The van der Waals surface area contributed by atoms with Crippen molar-refractivity contribution in [3.8, 4) is 0 Å². The number of carbonyl (C=O) groups excluding carboxylic acids is 2. The van der Waals surface area contributed by atoms with Crippen LogP contribution in [-0.2, 0) is 17.5 Å². The Balaban J connectivity index is 1.46. The number of alkyl halides is 3. The summed E-state index contributed by atoms with van der Waals surface area (Å²) in [5.74, 6) is -1.24. The van der Waals surface area contributed by atoms with Crippen molar-refractivity contribution in [2.24, 2.45) is 0 Å². The number of ketones is 1. The van der Waals surface area contributed by atoms with E-state index in [4.69, 9.17) is 16.3 Å². The zero-order valence-corrected chi connectivity index (χ0v) is 21.2. The van der Waals surface area contributed by atoms with Gasteiger partial charge in [-0.3, -0.25) is 4.79 Å². The minimum Gasteiger partial charge on any atom is -0.454 e. The van der Waals surface area contributed by atoms with Gasteiger partial charge in [0.1, 0.15) is 11.4 Å². The van der Waals surface area contributed by atoms with Crippen molar-refractivity contribution in [1.82, 2.24) is 9.55 Å². The molecule has 0 radical (unpaired) electrons. The van der Waals surface area contributed by atoms with Gasteiger partial charge in [0.25, 0.3) is 0 Å². The predicted octanol–water partition coefficient (Wildman–Crippen LogP) is 7.00. The first-order valence-electron chi connectivity index (χ1n) is 11.5. The van der Waals surface area contributed by atoms with Crippen LogP contribution in [0, 0.1) is 13.8 Å². The minimum absolute atomic E-state index is 0.00203. The number of carbonyl (C=O) groups is 2. The molecule has 0 saturated heterocycles. The van der Waals surface area contributed by atoms with Gasteiger partial charge in [-0.15, -0.1) is 0 Å². The van der Waals surface area contributed by atoms with E-state index in [1.54, 1.807) is 19.1 Å². The van der Waals surface area contributed by atoms with Crippen LogP contribution in [0.5, 0.6) is 0 Å². The van der Waals surface area contributed by atoms with Crippen molar-refractivity contribution in [2.75, 3.05) is 11.9 Å². The molecule has 4 aromatic rings. The number of Topliss-reactive ketones (excluding diaryl/α,β-unsaturated/α-hetero) is 1. The molecule has 1 N–H and O–H groups in total. The van der Waals surface area contributed by atoms with E-state index in [9.17, 15) is 22.8 Å². The second kappa shape index (κ2) is 11.1. The molecule has 196 valence electrons. The second-order valence-corrected chi connectivity index (χ2v) is 8.97. The van der Waals surface area contributed by atoms with Gasteiger partial charge in [-0.2, -0.15) is 13.2 Å². The summed E-state index contributed by atoms with van der Waals surface area (Å²) in [5, 5.41) is 3.34. The predicted molar refractivity (Wildman–Crippen MR) is 138 cm³/mol. The molecule has 0 saturated carbocycles. The van der Waals surface area contributed by atoms with Gasteiger partial charge in [-0.05, 0) is 61.9 Å². The van der Waals surface area contributed by atoms with E-state index in [1.807, 2.05) is 29.7 Å². The molecule has 0 unspecified atom stereocenters. The number of halogens is 4. The van der Waals surface area contributed by atoms with Crippen LogP contribution in [0.1, 0.15) is 43.2 Å². The quantitative estimate of drug-likeness (QED) is 0.192. The highest BCUT2D eigenvalue weighted by Gasteiger charge is 2.30. The van der Waals surface area contributed by atoms with Crippen LogP contribution in [0.4, 0.5) is 24.7 Å². The molecule has 0 fully saturated rings. The first kappa shape index (κ1) is 26.9. The Morgan fingerprint density at radius 2 is 1.76 bits per heavy atom. The normalized spacial score (nSPS) is 11.3. The number of pyridine rings is 1. The van der Waals surface area contributed by atoms with Crippen molar-refractivity contribution in [1.29, 1.82) is 0 Å². The Morgan fingerprint density at radius 3 is 2.50 bits per heavy atom. The first-order valence-corrected chi connectivity index (χ1v) is 11.9. The van der Waals surface area contributed by atoms with Crippen LogP contribution < -0.4 is 5.32 Å². The molecule has 0 aliphatic rings.